The van der Waals surface area contributed by atoms with Crippen LogP contribution >= 0.6 is 0 Å². The maximum Gasteiger partial charge on any atom is 0.229 e. The van der Waals surface area contributed by atoms with E-state index in [1.165, 1.54) is 0 Å². The molecule has 0 radical (unpaired) electrons. The van der Waals surface area contributed by atoms with Gasteiger partial charge in [0.2, 0.25) is 5.95 Å². The quantitative estimate of drug-likeness (QED) is 0.612. The second-order valence-corrected chi connectivity index (χ2v) is 7.84. The van der Waals surface area contributed by atoms with Crippen molar-refractivity contribution in [3.05, 3.63) is 35.8 Å². The van der Waals surface area contributed by atoms with Crippen molar-refractivity contribution in [1.82, 2.24) is 20.3 Å². The highest BCUT2D eigenvalue weighted by atomic mass is 16.3. The summed E-state index contributed by atoms with van der Waals surface area (Å²) in [5.74, 6) is 1.81. The van der Waals surface area contributed by atoms with E-state index in [0.29, 0.717) is 23.6 Å². The lowest BCUT2D eigenvalue weighted by Gasteiger charge is -2.29. The number of pyridine rings is 1. The van der Waals surface area contributed by atoms with Gasteiger partial charge in [0.25, 0.3) is 0 Å². The molecular formula is C21H27N7O. The average molecular weight is 393 g/mol. The van der Waals surface area contributed by atoms with Crippen molar-refractivity contribution >= 4 is 17.5 Å². The normalized spacial score (nSPS) is 22.6. The molecule has 4 rings (SSSR count). The number of anilines is 3. The molecule has 1 aliphatic heterocycles. The van der Waals surface area contributed by atoms with Crippen LogP contribution in [0.1, 0.15) is 55.7 Å². The van der Waals surface area contributed by atoms with Crippen LogP contribution in [0, 0.1) is 11.3 Å². The molecule has 2 aromatic heterocycles. The van der Waals surface area contributed by atoms with Crippen molar-refractivity contribution in [3.63, 3.8) is 0 Å². The maximum atomic E-state index is 9.80. The minimum atomic E-state index is -0.180. The summed E-state index contributed by atoms with van der Waals surface area (Å²) >= 11 is 0. The minimum Gasteiger partial charge on any atom is -0.393 e. The summed E-state index contributed by atoms with van der Waals surface area (Å²) in [6, 6.07) is 5.83. The predicted octanol–water partition coefficient (Wildman–Crippen LogP) is 2.67. The van der Waals surface area contributed by atoms with E-state index in [1.807, 2.05) is 12.3 Å². The molecule has 1 saturated carbocycles. The van der Waals surface area contributed by atoms with Gasteiger partial charge in [0.1, 0.15) is 17.6 Å². The lowest BCUT2D eigenvalue weighted by molar-refractivity contribution is 0.126. The van der Waals surface area contributed by atoms with Crippen molar-refractivity contribution < 1.29 is 5.11 Å². The molecule has 8 heteroatoms. The zero-order chi connectivity index (χ0) is 20.1. The molecule has 3 heterocycles. The fourth-order valence-corrected chi connectivity index (χ4v) is 4.11. The number of nitrogens with one attached hydrogen (secondary N) is 3. The van der Waals surface area contributed by atoms with Crippen molar-refractivity contribution in [2.24, 2.45) is 0 Å². The Bertz CT molecular complexity index is 868. The number of hydrogen-bond acceptors (Lipinski definition) is 8. The minimum absolute atomic E-state index is 0.180. The Morgan fingerprint density at radius 3 is 2.66 bits per heavy atom. The number of aliphatic hydroxyl groups excluding tert-OH is 1. The fourth-order valence-electron chi connectivity index (χ4n) is 4.11. The summed E-state index contributed by atoms with van der Waals surface area (Å²) in [6.07, 6.45) is 9.02. The highest BCUT2D eigenvalue weighted by Crippen LogP contribution is 2.32. The number of hydrogen-bond donors (Lipinski definition) is 4. The van der Waals surface area contributed by atoms with Gasteiger partial charge in [-0.05, 0) is 69.7 Å². The molecule has 0 amide bonds. The first-order valence-corrected chi connectivity index (χ1v) is 10.4. The topological polar surface area (TPSA) is 119 Å². The summed E-state index contributed by atoms with van der Waals surface area (Å²) < 4.78 is 0. The summed E-state index contributed by atoms with van der Waals surface area (Å²) in [6.45, 7) is 2.02. The fraction of sp³-hybridized carbons (Fsp3) is 0.524. The molecule has 152 valence electrons. The number of rotatable bonds is 5. The highest BCUT2D eigenvalue weighted by Gasteiger charge is 2.24. The Morgan fingerprint density at radius 1 is 1.10 bits per heavy atom. The molecule has 0 aromatic carbocycles. The number of piperidine rings is 1. The van der Waals surface area contributed by atoms with E-state index >= 15 is 0 Å². The Morgan fingerprint density at radius 2 is 1.90 bits per heavy atom. The van der Waals surface area contributed by atoms with E-state index in [0.717, 1.165) is 68.7 Å². The van der Waals surface area contributed by atoms with Gasteiger partial charge in [-0.1, -0.05) is 0 Å². The molecule has 29 heavy (non-hydrogen) atoms. The van der Waals surface area contributed by atoms with E-state index in [9.17, 15) is 5.11 Å². The lowest BCUT2D eigenvalue weighted by atomic mass is 9.90. The van der Waals surface area contributed by atoms with Crippen LogP contribution in [0.25, 0.3) is 0 Å². The molecule has 0 bridgehead atoms. The summed E-state index contributed by atoms with van der Waals surface area (Å²) in [7, 11) is 0. The molecule has 8 nitrogen and oxygen atoms in total. The summed E-state index contributed by atoms with van der Waals surface area (Å²) in [5.41, 5.74) is 2.24. The first-order chi connectivity index (χ1) is 14.2. The van der Waals surface area contributed by atoms with Crippen molar-refractivity contribution in [2.75, 3.05) is 23.7 Å². The maximum absolute atomic E-state index is 9.80. The summed E-state index contributed by atoms with van der Waals surface area (Å²) in [4.78, 5) is 13.3. The lowest BCUT2D eigenvalue weighted by Crippen LogP contribution is -2.30. The number of nitrogens with zero attached hydrogens (tertiary/aromatic N) is 4. The first-order valence-electron chi connectivity index (χ1n) is 10.4. The van der Waals surface area contributed by atoms with Gasteiger partial charge in [-0.15, -0.1) is 0 Å². The van der Waals surface area contributed by atoms with Gasteiger partial charge in [0.15, 0.2) is 0 Å². The van der Waals surface area contributed by atoms with Gasteiger partial charge in [0, 0.05) is 29.7 Å². The van der Waals surface area contributed by atoms with Crippen molar-refractivity contribution in [2.45, 2.75) is 56.6 Å². The van der Waals surface area contributed by atoms with E-state index in [-0.39, 0.29) is 6.10 Å². The van der Waals surface area contributed by atoms with Gasteiger partial charge in [0.05, 0.1) is 6.10 Å². The third-order valence-corrected chi connectivity index (χ3v) is 5.76. The van der Waals surface area contributed by atoms with Crippen LogP contribution in [-0.2, 0) is 0 Å². The van der Waals surface area contributed by atoms with E-state index < -0.39 is 0 Å². The number of nitriles is 1. The van der Waals surface area contributed by atoms with E-state index in [2.05, 4.69) is 25.9 Å². The SMILES string of the molecule is N#Cc1cc(Nc2ncc(C3CCNCC3)c(NC3CCC(O)CC3)n2)ccn1. The zero-order valence-corrected chi connectivity index (χ0v) is 16.4. The standard InChI is InChI=1S/C21H27N7O/c22-12-17-11-16(7-10-24-17)27-21-25-13-19(14-5-8-23-9-6-14)20(28-21)26-15-1-3-18(29)4-2-15/h7,10-11,13-15,18,23,29H,1-6,8-9H2,(H2,24,25,26,27,28). The molecule has 0 atom stereocenters. The van der Waals surface area contributed by atoms with Crippen molar-refractivity contribution in [3.8, 4) is 6.07 Å². The Hall–Kier alpha value is -2.76. The van der Waals surface area contributed by atoms with Crippen LogP contribution in [0.2, 0.25) is 0 Å². The third kappa shape index (κ3) is 5.00. The molecule has 1 aliphatic carbocycles. The molecule has 1 saturated heterocycles. The summed E-state index contributed by atoms with van der Waals surface area (Å²) in [5, 5.41) is 29.1. The van der Waals surface area contributed by atoms with Gasteiger partial charge >= 0.3 is 0 Å². The van der Waals surface area contributed by atoms with E-state index in [4.69, 9.17) is 10.2 Å². The molecule has 0 spiro atoms. The number of aromatic nitrogens is 3. The monoisotopic (exact) mass is 393 g/mol. The smallest absolute Gasteiger partial charge is 0.229 e. The van der Waals surface area contributed by atoms with Crippen LogP contribution in [0.3, 0.4) is 0 Å². The second-order valence-electron chi connectivity index (χ2n) is 7.84. The average Bonchev–Trinajstić information content (AvgIpc) is 2.76. The van der Waals surface area contributed by atoms with Crippen LogP contribution in [0.4, 0.5) is 17.5 Å². The Labute approximate surface area is 170 Å². The largest absolute Gasteiger partial charge is 0.393 e. The molecule has 2 aromatic rings. The van der Waals surface area contributed by atoms with Gasteiger partial charge in [-0.25, -0.2) is 9.97 Å². The predicted molar refractivity (Wildman–Crippen MR) is 111 cm³/mol. The molecule has 4 N–H and O–H groups in total. The van der Waals surface area contributed by atoms with Crippen LogP contribution < -0.4 is 16.0 Å². The molecule has 2 fully saturated rings. The van der Waals surface area contributed by atoms with Crippen LogP contribution in [0.5, 0.6) is 0 Å². The first kappa shape index (κ1) is 19.6. The second kappa shape index (κ2) is 9.16. The highest BCUT2D eigenvalue weighted by molar-refractivity contribution is 5.57. The Balaban J connectivity index is 1.57. The molecule has 2 aliphatic rings. The number of aliphatic hydroxyl groups is 1. The Kier molecular flexibility index (Phi) is 6.17. The molecular weight excluding hydrogens is 366 g/mol. The van der Waals surface area contributed by atoms with Gasteiger partial charge in [-0.3, -0.25) is 0 Å². The van der Waals surface area contributed by atoms with Crippen molar-refractivity contribution in [1.29, 1.82) is 5.26 Å². The van der Waals surface area contributed by atoms with Crippen LogP contribution in [0.15, 0.2) is 24.5 Å². The molecule has 0 unspecified atom stereocenters. The van der Waals surface area contributed by atoms with Gasteiger partial charge in [-0.2, -0.15) is 10.2 Å². The zero-order valence-electron chi connectivity index (χ0n) is 16.4. The van der Waals surface area contributed by atoms with Gasteiger partial charge < -0.3 is 21.1 Å². The van der Waals surface area contributed by atoms with Crippen LogP contribution in [-0.4, -0.2) is 45.3 Å². The third-order valence-electron chi connectivity index (χ3n) is 5.76. The van der Waals surface area contributed by atoms with E-state index in [1.54, 1.807) is 18.3 Å².